The third kappa shape index (κ3) is 10.3. The van der Waals surface area contributed by atoms with E-state index in [1.165, 1.54) is 0 Å². The van der Waals surface area contributed by atoms with Crippen LogP contribution in [0.25, 0.3) is 0 Å². The summed E-state index contributed by atoms with van der Waals surface area (Å²) in [6.45, 7) is 9.03. The SMILES string of the molecule is CC(C)[C@H]1NC(=O)CNC(=O)C[C@@H](C(=O)NCc2cccc(CN3CCOCC3)c2)NC(=O)c2ccccc2OC[C@H](C)NC1=O. The predicted octanol–water partition coefficient (Wildman–Crippen LogP) is 0.478. The summed E-state index contributed by atoms with van der Waals surface area (Å²) in [5, 5.41) is 13.5. The van der Waals surface area contributed by atoms with Gasteiger partial charge in [-0.25, -0.2) is 0 Å². The van der Waals surface area contributed by atoms with Crippen molar-refractivity contribution in [1.82, 2.24) is 31.5 Å². The highest BCUT2D eigenvalue weighted by molar-refractivity contribution is 6.01. The zero-order valence-corrected chi connectivity index (χ0v) is 26.6. The lowest BCUT2D eigenvalue weighted by Gasteiger charge is -2.26. The van der Waals surface area contributed by atoms with Crippen molar-refractivity contribution in [3.8, 4) is 5.75 Å². The fourth-order valence-corrected chi connectivity index (χ4v) is 5.18. The van der Waals surface area contributed by atoms with Crippen LogP contribution < -0.4 is 31.3 Å². The second-order valence-corrected chi connectivity index (χ2v) is 11.9. The van der Waals surface area contributed by atoms with Crippen molar-refractivity contribution >= 4 is 29.5 Å². The maximum atomic E-state index is 13.4. The molecule has 46 heavy (non-hydrogen) atoms. The van der Waals surface area contributed by atoms with Gasteiger partial charge in [0.05, 0.1) is 37.8 Å². The standard InChI is InChI=1S/C33H44N6O7/c1-21(2)30-33(44)36-22(3)20-46-27-10-5-4-9-25(27)31(42)37-26(16-28(40)34-18-29(41)38-30)32(43)35-17-23-7-6-8-24(15-23)19-39-11-13-45-14-12-39/h4-10,15,21-22,26,30H,11-14,16-20H2,1-3H3,(H,34,40)(H,35,43)(H,36,44)(H,37,42)(H,38,41)/t22-,26-,30+/m0/s1. The van der Waals surface area contributed by atoms with Crippen LogP contribution >= 0.6 is 0 Å². The smallest absolute Gasteiger partial charge is 0.255 e. The fraction of sp³-hybridized carbons (Fsp3) is 0.485. The molecule has 13 nitrogen and oxygen atoms in total. The fourth-order valence-electron chi connectivity index (χ4n) is 5.18. The predicted molar refractivity (Wildman–Crippen MR) is 170 cm³/mol. The normalized spacial score (nSPS) is 22.3. The Kier molecular flexibility index (Phi) is 12.5. The molecule has 2 aromatic rings. The summed E-state index contributed by atoms with van der Waals surface area (Å²) in [6, 6.07) is 11.8. The Hall–Kier alpha value is -4.49. The van der Waals surface area contributed by atoms with E-state index in [-0.39, 0.29) is 30.4 Å². The lowest BCUT2D eigenvalue weighted by molar-refractivity contribution is -0.131. The second-order valence-electron chi connectivity index (χ2n) is 11.9. The summed E-state index contributed by atoms with van der Waals surface area (Å²) in [4.78, 5) is 67.7. The number of ether oxygens (including phenoxy) is 2. The summed E-state index contributed by atoms with van der Waals surface area (Å²) in [5.41, 5.74) is 2.13. The highest BCUT2D eigenvalue weighted by atomic mass is 16.5. The molecule has 248 valence electrons. The quantitative estimate of drug-likeness (QED) is 0.305. The molecule has 0 unspecified atom stereocenters. The monoisotopic (exact) mass is 636 g/mol. The molecule has 2 aliphatic heterocycles. The van der Waals surface area contributed by atoms with Crippen LogP contribution in [0.4, 0.5) is 0 Å². The van der Waals surface area contributed by atoms with Crippen molar-refractivity contribution < 1.29 is 33.4 Å². The van der Waals surface area contributed by atoms with Crippen LogP contribution in [0.3, 0.4) is 0 Å². The van der Waals surface area contributed by atoms with Crippen molar-refractivity contribution in [3.05, 3.63) is 65.2 Å². The average Bonchev–Trinajstić information content (AvgIpc) is 3.04. The number of carbonyl (C=O) groups excluding carboxylic acids is 5. The number of hydrogen-bond donors (Lipinski definition) is 5. The lowest BCUT2D eigenvalue weighted by atomic mass is 10.0. The Labute approximate surface area is 269 Å². The first-order valence-corrected chi connectivity index (χ1v) is 15.6. The summed E-state index contributed by atoms with van der Waals surface area (Å²) in [7, 11) is 0. The van der Waals surface area contributed by atoms with Crippen LogP contribution in [0.15, 0.2) is 48.5 Å². The number of nitrogens with one attached hydrogen (secondary N) is 5. The van der Waals surface area contributed by atoms with E-state index < -0.39 is 60.6 Å². The summed E-state index contributed by atoms with van der Waals surface area (Å²) < 4.78 is 11.3. The number of fused-ring (bicyclic) bond motifs is 1. The summed E-state index contributed by atoms with van der Waals surface area (Å²) >= 11 is 0. The van der Waals surface area contributed by atoms with Crippen molar-refractivity contribution in [2.75, 3.05) is 39.5 Å². The minimum absolute atomic E-state index is 0.0450. The van der Waals surface area contributed by atoms with E-state index in [2.05, 4.69) is 31.5 Å². The van der Waals surface area contributed by atoms with Crippen LogP contribution in [-0.4, -0.2) is 92.0 Å². The summed E-state index contributed by atoms with van der Waals surface area (Å²) in [5.74, 6) is -2.75. The van der Waals surface area contributed by atoms with E-state index >= 15 is 0 Å². The minimum Gasteiger partial charge on any atom is -0.491 e. The van der Waals surface area contributed by atoms with Crippen LogP contribution in [-0.2, 0) is 37.0 Å². The molecule has 1 fully saturated rings. The second kappa shape index (κ2) is 16.7. The number of morpholine rings is 1. The minimum atomic E-state index is -1.25. The molecule has 0 aliphatic carbocycles. The van der Waals surface area contributed by atoms with Gasteiger partial charge < -0.3 is 36.1 Å². The van der Waals surface area contributed by atoms with E-state index in [0.29, 0.717) is 13.2 Å². The maximum Gasteiger partial charge on any atom is 0.255 e. The van der Waals surface area contributed by atoms with Gasteiger partial charge in [-0.05, 0) is 36.1 Å². The molecule has 4 rings (SSSR count). The van der Waals surface area contributed by atoms with Gasteiger partial charge in [-0.3, -0.25) is 28.9 Å². The highest BCUT2D eigenvalue weighted by Gasteiger charge is 2.28. The van der Waals surface area contributed by atoms with Crippen LogP contribution in [0.5, 0.6) is 5.75 Å². The molecule has 5 N–H and O–H groups in total. The lowest BCUT2D eigenvalue weighted by Crippen LogP contribution is -2.54. The Balaban J connectivity index is 1.50. The number of nitrogens with zero attached hydrogens (tertiary/aromatic N) is 1. The molecule has 0 aromatic heterocycles. The van der Waals surface area contributed by atoms with Gasteiger partial charge in [-0.15, -0.1) is 0 Å². The first kappa shape index (κ1) is 34.4. The molecule has 0 bridgehead atoms. The zero-order chi connectivity index (χ0) is 33.1. The number of benzene rings is 2. The van der Waals surface area contributed by atoms with E-state index in [4.69, 9.17) is 9.47 Å². The van der Waals surface area contributed by atoms with Gasteiger partial charge >= 0.3 is 0 Å². The maximum absolute atomic E-state index is 13.4. The third-order valence-corrected chi connectivity index (χ3v) is 7.70. The topological polar surface area (TPSA) is 167 Å². The number of rotatable bonds is 6. The van der Waals surface area contributed by atoms with E-state index in [0.717, 1.165) is 30.8 Å². The number of amides is 5. The molecule has 2 heterocycles. The molecule has 13 heteroatoms. The average molecular weight is 637 g/mol. The van der Waals surface area contributed by atoms with Gasteiger partial charge in [0.15, 0.2) is 0 Å². The number of hydrogen-bond acceptors (Lipinski definition) is 8. The number of para-hydroxylation sites is 1. The third-order valence-electron chi connectivity index (χ3n) is 7.70. The largest absolute Gasteiger partial charge is 0.491 e. The zero-order valence-electron chi connectivity index (χ0n) is 26.6. The molecule has 3 atom stereocenters. The number of carbonyl (C=O) groups is 5. The van der Waals surface area contributed by atoms with Gasteiger partial charge in [-0.2, -0.15) is 0 Å². The van der Waals surface area contributed by atoms with Crippen LogP contribution in [0, 0.1) is 5.92 Å². The van der Waals surface area contributed by atoms with E-state index in [1.807, 2.05) is 24.3 Å². The Morgan fingerprint density at radius 2 is 1.70 bits per heavy atom. The molecule has 0 radical (unpaired) electrons. The molecule has 5 amide bonds. The molecular formula is C33H44N6O7. The van der Waals surface area contributed by atoms with E-state index in [9.17, 15) is 24.0 Å². The molecule has 0 spiro atoms. The van der Waals surface area contributed by atoms with Crippen LogP contribution in [0.2, 0.25) is 0 Å². The van der Waals surface area contributed by atoms with Gasteiger partial charge in [-0.1, -0.05) is 50.2 Å². The Morgan fingerprint density at radius 1 is 0.957 bits per heavy atom. The van der Waals surface area contributed by atoms with Gasteiger partial charge in [0.2, 0.25) is 23.6 Å². The van der Waals surface area contributed by atoms with Gasteiger partial charge in [0.1, 0.15) is 24.4 Å². The van der Waals surface area contributed by atoms with Gasteiger partial charge in [0.25, 0.3) is 5.91 Å². The first-order chi connectivity index (χ1) is 22.1. The van der Waals surface area contributed by atoms with Gasteiger partial charge in [0, 0.05) is 26.2 Å². The summed E-state index contributed by atoms with van der Waals surface area (Å²) in [6.07, 6.45) is -0.421. The Bertz CT molecular complexity index is 1390. The molecule has 2 aliphatic rings. The van der Waals surface area contributed by atoms with Crippen LogP contribution in [0.1, 0.15) is 48.7 Å². The first-order valence-electron chi connectivity index (χ1n) is 15.6. The van der Waals surface area contributed by atoms with E-state index in [1.54, 1.807) is 45.0 Å². The molecule has 2 aromatic carbocycles. The highest BCUT2D eigenvalue weighted by Crippen LogP contribution is 2.19. The molecular weight excluding hydrogens is 592 g/mol. The van der Waals surface area contributed by atoms with Crippen molar-refractivity contribution in [3.63, 3.8) is 0 Å². The molecule has 1 saturated heterocycles. The van der Waals surface area contributed by atoms with Crippen molar-refractivity contribution in [2.45, 2.75) is 58.4 Å². The van der Waals surface area contributed by atoms with Crippen molar-refractivity contribution in [1.29, 1.82) is 0 Å². The molecule has 0 saturated carbocycles. The van der Waals surface area contributed by atoms with Crippen molar-refractivity contribution in [2.24, 2.45) is 5.92 Å². The Morgan fingerprint density at radius 3 is 2.46 bits per heavy atom.